The first-order valence-corrected chi connectivity index (χ1v) is 3.69. The largest absolute Gasteiger partial charge is 0.504 e. The van der Waals surface area contributed by atoms with Crippen LogP contribution in [0.1, 0.15) is 5.56 Å². The van der Waals surface area contributed by atoms with Gasteiger partial charge in [-0.15, -0.1) is 0 Å². The van der Waals surface area contributed by atoms with Crippen molar-refractivity contribution in [2.24, 2.45) is 0 Å². The van der Waals surface area contributed by atoms with Crippen molar-refractivity contribution in [2.75, 3.05) is 0 Å². The quantitative estimate of drug-likeness (QED) is 0.519. The minimum Gasteiger partial charge on any atom is -0.504 e. The van der Waals surface area contributed by atoms with Gasteiger partial charge in [-0.3, -0.25) is 0 Å². The van der Waals surface area contributed by atoms with Crippen LogP contribution in [0.15, 0.2) is 18.3 Å². The van der Waals surface area contributed by atoms with Crippen LogP contribution >= 0.6 is 0 Å². The first-order valence-electron chi connectivity index (χ1n) is 3.69. The number of hydrogen-bond acceptors (Lipinski definition) is 2. The van der Waals surface area contributed by atoms with Gasteiger partial charge in [0.05, 0.1) is 0 Å². The lowest BCUT2D eigenvalue weighted by Crippen LogP contribution is -1.77. The number of hydrogen-bond donors (Lipinski definition) is 3. The summed E-state index contributed by atoms with van der Waals surface area (Å²) in [5.74, 6) is -0.121. The van der Waals surface area contributed by atoms with Crippen LogP contribution in [0.3, 0.4) is 0 Å². The molecule has 0 spiro atoms. The van der Waals surface area contributed by atoms with Gasteiger partial charge in [0.25, 0.3) is 0 Å². The summed E-state index contributed by atoms with van der Waals surface area (Å²) < 4.78 is 0. The van der Waals surface area contributed by atoms with E-state index in [1.54, 1.807) is 13.1 Å². The van der Waals surface area contributed by atoms with Gasteiger partial charge in [0.1, 0.15) is 0 Å². The molecule has 0 unspecified atom stereocenters. The first kappa shape index (κ1) is 7.03. The highest BCUT2D eigenvalue weighted by atomic mass is 16.3. The second kappa shape index (κ2) is 2.17. The Morgan fingerprint density at radius 1 is 1.33 bits per heavy atom. The van der Waals surface area contributed by atoms with Crippen LogP contribution in [-0.2, 0) is 0 Å². The zero-order valence-electron chi connectivity index (χ0n) is 6.63. The molecule has 0 saturated carbocycles. The molecule has 3 nitrogen and oxygen atoms in total. The van der Waals surface area contributed by atoms with Crippen LogP contribution in [0.5, 0.6) is 11.5 Å². The predicted molar refractivity (Wildman–Crippen MR) is 46.4 cm³/mol. The molecule has 0 fully saturated rings. The van der Waals surface area contributed by atoms with Crippen LogP contribution < -0.4 is 0 Å². The lowest BCUT2D eigenvalue weighted by Gasteiger charge is -2.02. The van der Waals surface area contributed by atoms with Gasteiger partial charge in [-0.25, -0.2) is 0 Å². The highest BCUT2D eigenvalue weighted by Gasteiger charge is 2.07. The van der Waals surface area contributed by atoms with Crippen LogP contribution in [0.25, 0.3) is 10.9 Å². The number of aryl methyl sites for hydroxylation is 1. The molecular formula is C9H9NO2. The Balaban J connectivity index is 2.94. The monoisotopic (exact) mass is 163 g/mol. The number of phenolic OH excluding ortho intramolecular Hbond substituents is 2. The van der Waals surface area contributed by atoms with Crippen LogP contribution in [-0.4, -0.2) is 15.2 Å². The highest BCUT2D eigenvalue weighted by Crippen LogP contribution is 2.34. The molecule has 1 heterocycles. The van der Waals surface area contributed by atoms with Gasteiger partial charge in [-0.2, -0.15) is 0 Å². The Morgan fingerprint density at radius 3 is 2.83 bits per heavy atom. The molecule has 62 valence electrons. The maximum atomic E-state index is 9.36. The summed E-state index contributed by atoms with van der Waals surface area (Å²) in [7, 11) is 0. The number of benzene rings is 1. The van der Waals surface area contributed by atoms with E-state index in [4.69, 9.17) is 0 Å². The number of phenols is 2. The fraction of sp³-hybridized carbons (Fsp3) is 0.111. The number of rotatable bonds is 0. The maximum absolute atomic E-state index is 9.36. The molecule has 2 aromatic rings. The molecule has 3 heteroatoms. The molecule has 0 aliphatic heterocycles. The second-order valence-electron chi connectivity index (χ2n) is 2.81. The van der Waals surface area contributed by atoms with Crippen molar-refractivity contribution in [3.05, 3.63) is 23.9 Å². The van der Waals surface area contributed by atoms with Gasteiger partial charge in [0, 0.05) is 28.7 Å². The molecule has 0 bridgehead atoms. The van der Waals surface area contributed by atoms with Crippen molar-refractivity contribution >= 4 is 10.9 Å². The lowest BCUT2D eigenvalue weighted by molar-refractivity contribution is 0.402. The van der Waals surface area contributed by atoms with E-state index in [1.807, 2.05) is 6.07 Å². The fourth-order valence-corrected chi connectivity index (χ4v) is 1.35. The number of aromatic hydroxyl groups is 2. The van der Waals surface area contributed by atoms with Gasteiger partial charge in [-0.05, 0) is 13.0 Å². The van der Waals surface area contributed by atoms with Crippen molar-refractivity contribution < 1.29 is 10.2 Å². The van der Waals surface area contributed by atoms with E-state index in [1.165, 1.54) is 6.07 Å². The van der Waals surface area contributed by atoms with Crippen molar-refractivity contribution in [1.82, 2.24) is 4.98 Å². The summed E-state index contributed by atoms with van der Waals surface area (Å²) in [6.45, 7) is 1.77. The summed E-state index contributed by atoms with van der Waals surface area (Å²) in [6, 6.07) is 3.38. The Kier molecular flexibility index (Phi) is 1.27. The fourth-order valence-electron chi connectivity index (χ4n) is 1.35. The average molecular weight is 163 g/mol. The zero-order valence-corrected chi connectivity index (χ0v) is 6.63. The van der Waals surface area contributed by atoms with E-state index < -0.39 is 0 Å². The van der Waals surface area contributed by atoms with E-state index in [9.17, 15) is 10.2 Å². The molecule has 0 aliphatic carbocycles. The lowest BCUT2D eigenvalue weighted by atomic mass is 10.1. The highest BCUT2D eigenvalue weighted by molar-refractivity contribution is 5.87. The smallest absolute Gasteiger partial charge is 0.161 e. The molecule has 12 heavy (non-hydrogen) atoms. The van der Waals surface area contributed by atoms with E-state index in [2.05, 4.69) is 4.98 Å². The normalized spacial score (nSPS) is 10.8. The van der Waals surface area contributed by atoms with Crippen molar-refractivity contribution in [2.45, 2.75) is 6.92 Å². The standard InChI is InChI=1S/C9H9NO2/c1-5-6-2-3-10-7(6)4-8(11)9(5)12/h2-4,10-12H,1H3. The van der Waals surface area contributed by atoms with Gasteiger partial charge in [0.2, 0.25) is 0 Å². The van der Waals surface area contributed by atoms with E-state index in [0.717, 1.165) is 10.9 Å². The Labute approximate surface area is 69.3 Å². The summed E-state index contributed by atoms with van der Waals surface area (Å²) >= 11 is 0. The first-order chi connectivity index (χ1) is 5.70. The molecule has 0 atom stereocenters. The van der Waals surface area contributed by atoms with Crippen LogP contribution in [0, 0.1) is 6.92 Å². The number of fused-ring (bicyclic) bond motifs is 1. The van der Waals surface area contributed by atoms with Crippen LogP contribution in [0.4, 0.5) is 0 Å². The molecule has 0 amide bonds. The molecule has 3 N–H and O–H groups in total. The van der Waals surface area contributed by atoms with Gasteiger partial charge in [-0.1, -0.05) is 0 Å². The second-order valence-corrected chi connectivity index (χ2v) is 2.81. The van der Waals surface area contributed by atoms with E-state index in [0.29, 0.717) is 5.56 Å². The molecule has 1 aromatic heterocycles. The van der Waals surface area contributed by atoms with Crippen molar-refractivity contribution in [3.63, 3.8) is 0 Å². The van der Waals surface area contributed by atoms with Gasteiger partial charge >= 0.3 is 0 Å². The number of aromatic nitrogens is 1. The Morgan fingerprint density at radius 2 is 2.08 bits per heavy atom. The Hall–Kier alpha value is -1.64. The molecule has 2 rings (SSSR count). The van der Waals surface area contributed by atoms with E-state index >= 15 is 0 Å². The topological polar surface area (TPSA) is 56.2 Å². The number of H-pyrrole nitrogens is 1. The third-order valence-corrected chi connectivity index (χ3v) is 2.06. The predicted octanol–water partition coefficient (Wildman–Crippen LogP) is 1.89. The minimum absolute atomic E-state index is 0.0397. The average Bonchev–Trinajstić information content (AvgIpc) is 2.48. The molecule has 0 radical (unpaired) electrons. The maximum Gasteiger partial charge on any atom is 0.161 e. The van der Waals surface area contributed by atoms with Gasteiger partial charge in [0.15, 0.2) is 11.5 Å². The summed E-state index contributed by atoms with van der Waals surface area (Å²) in [5.41, 5.74) is 1.54. The molecule has 1 aromatic carbocycles. The summed E-state index contributed by atoms with van der Waals surface area (Å²) in [4.78, 5) is 2.96. The number of nitrogens with one attached hydrogen (secondary N) is 1. The third-order valence-electron chi connectivity index (χ3n) is 2.06. The molecular weight excluding hydrogens is 154 g/mol. The van der Waals surface area contributed by atoms with Crippen molar-refractivity contribution in [1.29, 1.82) is 0 Å². The third kappa shape index (κ3) is 0.763. The zero-order chi connectivity index (χ0) is 8.72. The summed E-state index contributed by atoms with van der Waals surface area (Å²) in [6.07, 6.45) is 1.77. The van der Waals surface area contributed by atoms with E-state index in [-0.39, 0.29) is 11.5 Å². The summed E-state index contributed by atoms with van der Waals surface area (Å²) in [5, 5.41) is 19.5. The van der Waals surface area contributed by atoms with Crippen LogP contribution in [0.2, 0.25) is 0 Å². The molecule has 0 saturated heterocycles. The van der Waals surface area contributed by atoms with Gasteiger partial charge < -0.3 is 15.2 Å². The minimum atomic E-state index is -0.0811. The van der Waals surface area contributed by atoms with Crippen molar-refractivity contribution in [3.8, 4) is 11.5 Å². The SMILES string of the molecule is Cc1c(O)c(O)cc2[nH]ccc12. The Bertz CT molecular complexity index is 431. The number of aromatic amines is 1. The molecule has 0 aliphatic rings.